The molecule has 2 unspecified atom stereocenters. The van der Waals surface area contributed by atoms with Crippen molar-refractivity contribution in [2.24, 2.45) is 0 Å². The molecule has 2 aliphatic heterocycles. The van der Waals surface area contributed by atoms with E-state index >= 15 is 0 Å². The van der Waals surface area contributed by atoms with Crippen LogP contribution in [0, 0.1) is 9.20 Å². The van der Waals surface area contributed by atoms with Crippen LogP contribution in [0.4, 0.5) is 11.4 Å². The molecule has 0 bridgehead atoms. The van der Waals surface area contributed by atoms with Gasteiger partial charge in [-0.05, 0) is 107 Å². The molecule has 2 atom stereocenters. The summed E-state index contributed by atoms with van der Waals surface area (Å²) < 4.78 is 4.04. The van der Waals surface area contributed by atoms with Crippen LogP contribution in [0.15, 0.2) is 137 Å². The standard InChI is InChI=1S/C52H42N4O6S4/c1-2-53-48(61)45(65-50(53)46-49(62)55(52(63)66-46)29-32-18-23-37(57)24-19-32)51-54(30-44(58)59)47(60)43(64-51)28-33-20-25-42-40(27-33)38-14-9-15-41(38)56(42)36-21-16-31(17-22-36)26-39(34-10-5-3-6-11-34)35-12-7-4-8-13-35/h3-8,10-13,16-28,38,41,57H,2,9,14-15,29-30H2,1H3,(H,58,59)/b43-28-,50-46+,51-45+. The molecule has 66 heavy (non-hydrogen) atoms. The second kappa shape index (κ2) is 18.0. The minimum Gasteiger partial charge on any atom is -0.508 e. The average molecular weight is 947 g/mol. The lowest BCUT2D eigenvalue weighted by Gasteiger charge is -2.27. The minimum atomic E-state index is -1.22. The maximum absolute atomic E-state index is 14.1. The zero-order chi connectivity index (χ0) is 45.6. The highest BCUT2D eigenvalue weighted by atomic mass is 32.2. The number of aromatic hydroxyl groups is 1. The summed E-state index contributed by atoms with van der Waals surface area (Å²) in [6.45, 7) is 1.58. The van der Waals surface area contributed by atoms with Crippen molar-refractivity contribution in [3.63, 3.8) is 0 Å². The van der Waals surface area contributed by atoms with Crippen LogP contribution in [0.2, 0.25) is 0 Å². The number of anilines is 2. The van der Waals surface area contributed by atoms with E-state index in [4.69, 9.17) is 12.2 Å². The molecule has 3 aliphatic rings. The zero-order valence-corrected chi connectivity index (χ0v) is 38.9. The van der Waals surface area contributed by atoms with Gasteiger partial charge in [0, 0.05) is 29.9 Å². The fourth-order valence-electron chi connectivity index (χ4n) is 9.33. The lowest BCUT2D eigenvalue weighted by Crippen LogP contribution is -2.31. The number of thiocarbonyl (C=S) groups is 1. The zero-order valence-electron chi connectivity index (χ0n) is 35.6. The Morgan fingerprint density at radius 3 is 2.14 bits per heavy atom. The van der Waals surface area contributed by atoms with Crippen LogP contribution in [0.25, 0.3) is 22.6 Å². The van der Waals surface area contributed by atoms with Gasteiger partial charge in [0.1, 0.15) is 35.4 Å². The molecule has 0 radical (unpaired) electrons. The number of carbonyl (C=O) groups excluding carboxylic acids is 1. The van der Waals surface area contributed by atoms with Gasteiger partial charge in [0.25, 0.3) is 17.0 Å². The van der Waals surface area contributed by atoms with Gasteiger partial charge in [-0.25, -0.2) is 0 Å². The molecule has 10 nitrogen and oxygen atoms in total. The van der Waals surface area contributed by atoms with Crippen molar-refractivity contribution < 1.29 is 19.8 Å². The lowest BCUT2D eigenvalue weighted by molar-refractivity contribution is -0.137. The van der Waals surface area contributed by atoms with Crippen LogP contribution in [-0.4, -0.2) is 46.5 Å². The van der Waals surface area contributed by atoms with Crippen molar-refractivity contribution in [1.29, 1.82) is 0 Å². The molecule has 2 N–H and O–H groups in total. The third-order valence-corrected chi connectivity index (χ3v) is 16.4. The molecule has 7 aromatic rings. The first-order valence-corrected chi connectivity index (χ1v) is 24.5. The summed E-state index contributed by atoms with van der Waals surface area (Å²) >= 11 is 8.85. The van der Waals surface area contributed by atoms with E-state index in [-0.39, 0.29) is 38.8 Å². The minimum absolute atomic E-state index is 0.106. The largest absolute Gasteiger partial charge is 0.508 e. The average Bonchev–Trinajstić information content (AvgIpc) is 4.13. The predicted molar refractivity (Wildman–Crippen MR) is 268 cm³/mol. The molecule has 14 heteroatoms. The van der Waals surface area contributed by atoms with E-state index in [0.29, 0.717) is 25.5 Å². The first-order chi connectivity index (χ1) is 32.1. The molecular formula is C52H42N4O6S4. The van der Waals surface area contributed by atoms with Crippen LogP contribution in [0.1, 0.15) is 65.5 Å². The maximum atomic E-state index is 14.1. The Labute approximate surface area is 396 Å². The van der Waals surface area contributed by atoms with Crippen molar-refractivity contribution in [3.8, 4) is 5.75 Å². The third kappa shape index (κ3) is 8.08. The molecule has 330 valence electrons. The van der Waals surface area contributed by atoms with Gasteiger partial charge in [-0.3, -0.25) is 33.2 Å². The second-order valence-electron chi connectivity index (χ2n) is 16.4. The number of fused-ring (bicyclic) bond motifs is 3. The van der Waals surface area contributed by atoms with Gasteiger partial charge in [-0.15, -0.1) is 22.7 Å². The molecule has 10 rings (SSSR count). The quantitative estimate of drug-likeness (QED) is 0.103. The number of aliphatic carboxylic acids is 1. The number of phenolic OH excluding ortho intramolecular Hbond substituents is 1. The highest BCUT2D eigenvalue weighted by molar-refractivity contribution is 8.30. The van der Waals surface area contributed by atoms with Gasteiger partial charge in [0.15, 0.2) is 0 Å². The van der Waals surface area contributed by atoms with Crippen molar-refractivity contribution in [1.82, 2.24) is 14.0 Å². The third-order valence-electron chi connectivity index (χ3n) is 12.4. The summed E-state index contributed by atoms with van der Waals surface area (Å²) in [5.74, 6) is -1.16. The number of carboxylic acids is 1. The van der Waals surface area contributed by atoms with Crippen LogP contribution < -0.4 is 25.2 Å². The van der Waals surface area contributed by atoms with Crippen molar-refractivity contribution in [2.75, 3.05) is 4.90 Å². The van der Waals surface area contributed by atoms with Crippen LogP contribution >= 0.6 is 46.7 Å². The highest BCUT2D eigenvalue weighted by Crippen LogP contribution is 2.52. The number of hydrogen-bond acceptors (Lipinski definition) is 10. The number of rotatable bonds is 10. The summed E-state index contributed by atoms with van der Waals surface area (Å²) in [5.41, 5.74) is 8.69. The Hall–Kier alpha value is -6.58. The molecule has 5 aromatic carbocycles. The number of aromatic nitrogens is 2. The van der Waals surface area contributed by atoms with Gasteiger partial charge in [-0.2, -0.15) is 0 Å². The van der Waals surface area contributed by atoms with Crippen molar-refractivity contribution >= 4 is 96.9 Å². The molecule has 2 fully saturated rings. The molecule has 1 saturated carbocycles. The molecule has 0 spiro atoms. The Morgan fingerprint density at radius 1 is 0.788 bits per heavy atom. The van der Waals surface area contributed by atoms with E-state index in [1.165, 1.54) is 27.2 Å². The summed E-state index contributed by atoms with van der Waals surface area (Å²) in [4.78, 5) is 58.5. The maximum Gasteiger partial charge on any atom is 0.323 e. The molecular weight excluding hydrogens is 905 g/mol. The van der Waals surface area contributed by atoms with E-state index in [2.05, 4.69) is 95.9 Å². The Bertz CT molecular complexity index is 3410. The molecule has 1 saturated heterocycles. The van der Waals surface area contributed by atoms with Crippen LogP contribution in [-0.2, 0) is 29.2 Å². The monoisotopic (exact) mass is 946 g/mol. The number of hydrogen-bond donors (Lipinski definition) is 2. The number of nitrogens with zero attached hydrogens (tertiary/aromatic N) is 4. The van der Waals surface area contributed by atoms with Gasteiger partial charge in [-0.1, -0.05) is 121 Å². The summed E-state index contributed by atoms with van der Waals surface area (Å²) in [5, 5.41) is 19.7. The number of thiazole rings is 2. The Morgan fingerprint density at radius 2 is 1.47 bits per heavy atom. The first kappa shape index (κ1) is 43.3. The van der Waals surface area contributed by atoms with Crippen molar-refractivity contribution in [3.05, 3.63) is 200 Å². The number of benzene rings is 5. The predicted octanol–water partition coefficient (Wildman–Crippen LogP) is 8.60. The van der Waals surface area contributed by atoms with Crippen LogP contribution in [0.5, 0.6) is 5.75 Å². The van der Waals surface area contributed by atoms with E-state index in [0.717, 1.165) is 103 Å². The lowest BCUT2D eigenvalue weighted by atomic mass is 9.95. The summed E-state index contributed by atoms with van der Waals surface area (Å²) in [6, 6.07) is 42.7. The SMILES string of the molecule is CCn1c(=O)/c(=c2\s/c(=C\c3ccc4c(c3)C3CCCC3N4c3ccc(C=C(c4ccccc4)c4ccccc4)cc3)c(=O)n2CC(=O)O)s/c1=C1/SC(=S)N(Cc2ccc(O)cc2)C1=O. The molecule has 1 amide bonds. The number of thioether (sulfide) groups is 1. The van der Waals surface area contributed by atoms with Gasteiger partial charge < -0.3 is 15.1 Å². The summed E-state index contributed by atoms with van der Waals surface area (Å²) in [6.07, 6.45) is 7.24. The van der Waals surface area contributed by atoms with E-state index in [9.17, 15) is 29.4 Å². The fourth-order valence-corrected chi connectivity index (χ4v) is 13.2. The van der Waals surface area contributed by atoms with E-state index < -0.39 is 23.6 Å². The Balaban J connectivity index is 1.02. The summed E-state index contributed by atoms with van der Waals surface area (Å²) in [7, 11) is 0. The molecule has 4 heterocycles. The number of carbonyl (C=O) groups is 2. The number of carboxylic acid groups (broad SMARTS) is 1. The molecule has 2 aromatic heterocycles. The smallest absolute Gasteiger partial charge is 0.323 e. The van der Waals surface area contributed by atoms with Gasteiger partial charge in [0.05, 0.1) is 11.1 Å². The topological polar surface area (TPSA) is 125 Å². The van der Waals surface area contributed by atoms with Crippen LogP contribution in [0.3, 0.4) is 0 Å². The fraction of sp³-hybridized carbons (Fsp3) is 0.173. The van der Waals surface area contributed by atoms with Crippen molar-refractivity contribution in [2.45, 2.75) is 57.8 Å². The number of amides is 1. The normalized spacial score (nSPS) is 18.2. The molecule has 1 aliphatic carbocycles. The Kier molecular flexibility index (Phi) is 11.8. The van der Waals surface area contributed by atoms with Gasteiger partial charge in [0.2, 0.25) is 0 Å². The van der Waals surface area contributed by atoms with E-state index in [1.54, 1.807) is 25.1 Å². The second-order valence-corrected chi connectivity index (χ2v) is 20.1. The highest BCUT2D eigenvalue weighted by Gasteiger charge is 2.42. The van der Waals surface area contributed by atoms with E-state index in [1.807, 2.05) is 18.2 Å². The van der Waals surface area contributed by atoms with Gasteiger partial charge >= 0.3 is 5.97 Å². The first-order valence-electron chi connectivity index (χ1n) is 21.6. The number of phenols is 1.